The summed E-state index contributed by atoms with van der Waals surface area (Å²) in [5.41, 5.74) is 3.36. The molecule has 0 atom stereocenters. The molecule has 4 rings (SSSR count). The number of amides is 1. The number of carbonyl (C=O) groups is 1. The summed E-state index contributed by atoms with van der Waals surface area (Å²) >= 11 is 0. The zero-order chi connectivity index (χ0) is 17.9. The second kappa shape index (κ2) is 6.84. The van der Waals surface area contributed by atoms with Crippen LogP contribution in [0.5, 0.6) is 5.75 Å². The first-order valence-electron chi connectivity index (χ1n) is 8.39. The smallest absolute Gasteiger partial charge is 0.276 e. The number of nitrogens with one attached hydrogen (secondary N) is 1. The topological polar surface area (TPSA) is 67.3 Å². The summed E-state index contributed by atoms with van der Waals surface area (Å²) in [7, 11) is 1.58. The predicted molar refractivity (Wildman–Crippen MR) is 100 cm³/mol. The van der Waals surface area contributed by atoms with E-state index in [1.165, 1.54) is 5.56 Å². The van der Waals surface area contributed by atoms with Gasteiger partial charge in [-0.25, -0.2) is 0 Å². The SMILES string of the molecule is COc1cccc(NC(=O)c2ccc(N3CCc4ccccc43)nn2)c1. The third kappa shape index (κ3) is 3.09. The Morgan fingerprint density at radius 2 is 1.96 bits per heavy atom. The second-order valence-corrected chi connectivity index (χ2v) is 5.99. The molecule has 2 heterocycles. The van der Waals surface area contributed by atoms with Crippen LogP contribution in [0.15, 0.2) is 60.7 Å². The zero-order valence-corrected chi connectivity index (χ0v) is 14.3. The van der Waals surface area contributed by atoms with E-state index < -0.39 is 0 Å². The van der Waals surface area contributed by atoms with Gasteiger partial charge in [-0.05, 0) is 42.3 Å². The van der Waals surface area contributed by atoms with Crippen LogP contribution in [0.25, 0.3) is 0 Å². The number of benzene rings is 2. The Morgan fingerprint density at radius 3 is 2.77 bits per heavy atom. The number of hydrogen-bond donors (Lipinski definition) is 1. The van der Waals surface area contributed by atoms with Gasteiger partial charge in [0.05, 0.1) is 7.11 Å². The van der Waals surface area contributed by atoms with E-state index in [-0.39, 0.29) is 11.6 Å². The van der Waals surface area contributed by atoms with Crippen LogP contribution in [-0.4, -0.2) is 29.8 Å². The number of fused-ring (bicyclic) bond motifs is 1. The van der Waals surface area contributed by atoms with Gasteiger partial charge in [0, 0.05) is 24.0 Å². The normalized spacial score (nSPS) is 12.6. The molecular formula is C20H18N4O2. The fraction of sp³-hybridized carbons (Fsp3) is 0.150. The van der Waals surface area contributed by atoms with Crippen molar-refractivity contribution in [3.05, 3.63) is 71.9 Å². The van der Waals surface area contributed by atoms with Crippen molar-refractivity contribution in [2.24, 2.45) is 0 Å². The molecule has 0 bridgehead atoms. The number of ether oxygens (including phenoxy) is 1. The zero-order valence-electron chi connectivity index (χ0n) is 14.3. The van der Waals surface area contributed by atoms with Crippen molar-refractivity contribution in [1.29, 1.82) is 0 Å². The molecule has 0 saturated carbocycles. The molecule has 130 valence electrons. The molecule has 2 aromatic carbocycles. The average molecular weight is 346 g/mol. The first-order chi connectivity index (χ1) is 12.7. The average Bonchev–Trinajstić information content (AvgIpc) is 3.12. The van der Waals surface area contributed by atoms with Gasteiger partial charge in [0.15, 0.2) is 11.5 Å². The molecule has 6 heteroatoms. The number of carbonyl (C=O) groups excluding carboxylic acids is 1. The van der Waals surface area contributed by atoms with Gasteiger partial charge in [0.2, 0.25) is 0 Å². The minimum Gasteiger partial charge on any atom is -0.497 e. The van der Waals surface area contributed by atoms with Gasteiger partial charge in [0.25, 0.3) is 5.91 Å². The van der Waals surface area contributed by atoms with Gasteiger partial charge < -0.3 is 15.0 Å². The Balaban J connectivity index is 1.50. The minimum absolute atomic E-state index is 0.268. The largest absolute Gasteiger partial charge is 0.497 e. The molecule has 0 saturated heterocycles. The van der Waals surface area contributed by atoms with Crippen LogP contribution in [0, 0.1) is 0 Å². The third-order valence-electron chi connectivity index (χ3n) is 4.37. The molecule has 6 nitrogen and oxygen atoms in total. The van der Waals surface area contributed by atoms with Crippen molar-refractivity contribution in [1.82, 2.24) is 10.2 Å². The van der Waals surface area contributed by atoms with E-state index in [1.807, 2.05) is 30.3 Å². The lowest BCUT2D eigenvalue weighted by atomic mass is 10.2. The summed E-state index contributed by atoms with van der Waals surface area (Å²) in [6.45, 7) is 0.864. The summed E-state index contributed by atoms with van der Waals surface area (Å²) in [5, 5.41) is 11.1. The molecule has 1 amide bonds. The van der Waals surface area contributed by atoms with Crippen molar-refractivity contribution in [3.8, 4) is 5.75 Å². The van der Waals surface area contributed by atoms with Gasteiger partial charge in [-0.2, -0.15) is 0 Å². The summed E-state index contributed by atoms with van der Waals surface area (Å²) in [6.07, 6.45) is 0.982. The third-order valence-corrected chi connectivity index (χ3v) is 4.37. The highest BCUT2D eigenvalue weighted by molar-refractivity contribution is 6.02. The molecule has 1 N–H and O–H groups in total. The monoisotopic (exact) mass is 346 g/mol. The lowest BCUT2D eigenvalue weighted by molar-refractivity contribution is 0.102. The van der Waals surface area contributed by atoms with Crippen LogP contribution >= 0.6 is 0 Å². The Morgan fingerprint density at radius 1 is 1.08 bits per heavy atom. The van der Waals surface area contributed by atoms with Crippen molar-refractivity contribution in [2.45, 2.75) is 6.42 Å². The summed E-state index contributed by atoms with van der Waals surface area (Å²) in [5.74, 6) is 1.11. The van der Waals surface area contributed by atoms with Crippen molar-refractivity contribution < 1.29 is 9.53 Å². The number of nitrogens with zero attached hydrogens (tertiary/aromatic N) is 3. The maximum atomic E-state index is 12.4. The Hall–Kier alpha value is -3.41. The molecule has 0 fully saturated rings. The fourth-order valence-electron chi connectivity index (χ4n) is 3.06. The molecule has 0 spiro atoms. The highest BCUT2D eigenvalue weighted by atomic mass is 16.5. The molecule has 0 radical (unpaired) electrons. The maximum absolute atomic E-state index is 12.4. The number of methoxy groups -OCH3 is 1. The first kappa shape index (κ1) is 16.1. The van der Waals surface area contributed by atoms with E-state index in [0.717, 1.165) is 24.5 Å². The molecule has 0 aliphatic carbocycles. The number of para-hydroxylation sites is 1. The number of rotatable bonds is 4. The minimum atomic E-state index is -0.306. The predicted octanol–water partition coefficient (Wildman–Crippen LogP) is 3.43. The van der Waals surface area contributed by atoms with Gasteiger partial charge in [-0.3, -0.25) is 4.79 Å². The van der Waals surface area contributed by atoms with Crippen molar-refractivity contribution in [2.75, 3.05) is 23.9 Å². The fourth-order valence-corrected chi connectivity index (χ4v) is 3.06. The van der Waals surface area contributed by atoms with Gasteiger partial charge in [0.1, 0.15) is 5.75 Å². The molecule has 1 aromatic heterocycles. The summed E-state index contributed by atoms with van der Waals surface area (Å²) < 4.78 is 5.16. The molecule has 1 aliphatic heterocycles. The molecular weight excluding hydrogens is 328 g/mol. The van der Waals surface area contributed by atoms with Crippen LogP contribution in [0.3, 0.4) is 0 Å². The van der Waals surface area contributed by atoms with E-state index in [0.29, 0.717) is 11.4 Å². The molecule has 1 aliphatic rings. The van der Waals surface area contributed by atoms with Crippen LogP contribution in [0.2, 0.25) is 0 Å². The van der Waals surface area contributed by atoms with Gasteiger partial charge in [-0.15, -0.1) is 10.2 Å². The first-order valence-corrected chi connectivity index (χ1v) is 8.39. The standard InChI is InChI=1S/C20H18N4O2/c1-26-16-7-4-6-15(13-16)21-20(25)17-9-10-19(23-22-17)24-12-11-14-5-2-3-8-18(14)24/h2-10,13H,11-12H2,1H3,(H,21,25). The lowest BCUT2D eigenvalue weighted by Crippen LogP contribution is -2.18. The highest BCUT2D eigenvalue weighted by Crippen LogP contribution is 2.32. The maximum Gasteiger partial charge on any atom is 0.276 e. The lowest BCUT2D eigenvalue weighted by Gasteiger charge is -2.17. The van der Waals surface area contributed by atoms with E-state index in [2.05, 4.69) is 32.5 Å². The second-order valence-electron chi connectivity index (χ2n) is 5.99. The van der Waals surface area contributed by atoms with Crippen molar-refractivity contribution >= 4 is 23.1 Å². The van der Waals surface area contributed by atoms with Gasteiger partial charge in [-0.1, -0.05) is 24.3 Å². The Kier molecular flexibility index (Phi) is 4.23. The summed E-state index contributed by atoms with van der Waals surface area (Å²) in [6, 6.07) is 19.0. The number of hydrogen-bond acceptors (Lipinski definition) is 5. The molecule has 0 unspecified atom stereocenters. The van der Waals surface area contributed by atoms with Crippen LogP contribution < -0.4 is 15.0 Å². The van der Waals surface area contributed by atoms with Crippen LogP contribution in [-0.2, 0) is 6.42 Å². The van der Waals surface area contributed by atoms with Gasteiger partial charge >= 0.3 is 0 Å². The van der Waals surface area contributed by atoms with Crippen LogP contribution in [0.1, 0.15) is 16.1 Å². The number of anilines is 3. The number of aromatic nitrogens is 2. The molecule has 26 heavy (non-hydrogen) atoms. The van der Waals surface area contributed by atoms with E-state index >= 15 is 0 Å². The highest BCUT2D eigenvalue weighted by Gasteiger charge is 2.21. The Labute approximate surface area is 151 Å². The van der Waals surface area contributed by atoms with E-state index in [1.54, 1.807) is 25.3 Å². The van der Waals surface area contributed by atoms with E-state index in [4.69, 9.17) is 4.74 Å². The van der Waals surface area contributed by atoms with Crippen molar-refractivity contribution in [3.63, 3.8) is 0 Å². The quantitative estimate of drug-likeness (QED) is 0.784. The Bertz CT molecular complexity index is 941. The summed E-state index contributed by atoms with van der Waals surface area (Å²) in [4.78, 5) is 14.5. The van der Waals surface area contributed by atoms with Crippen LogP contribution in [0.4, 0.5) is 17.2 Å². The van der Waals surface area contributed by atoms with E-state index in [9.17, 15) is 4.79 Å². The molecule has 3 aromatic rings.